The zero-order chi connectivity index (χ0) is 14.7. The Morgan fingerprint density at radius 3 is 3.05 bits per heavy atom. The van der Waals surface area contributed by atoms with Crippen LogP contribution in [0.2, 0.25) is 0 Å². The first-order chi connectivity index (χ1) is 10.3. The first-order valence-corrected chi connectivity index (χ1v) is 6.97. The van der Waals surface area contributed by atoms with Gasteiger partial charge in [0.2, 0.25) is 0 Å². The second kappa shape index (κ2) is 5.94. The van der Waals surface area contributed by atoms with Crippen LogP contribution in [-0.2, 0) is 11.8 Å². The summed E-state index contributed by atoms with van der Waals surface area (Å²) in [5, 5.41) is 16.3. The van der Waals surface area contributed by atoms with E-state index in [1.165, 1.54) is 0 Å². The molecule has 2 atom stereocenters. The molecule has 6 nitrogen and oxygen atoms in total. The fraction of sp³-hybridized carbons (Fsp3) is 0.400. The molecule has 0 bridgehead atoms. The van der Waals surface area contributed by atoms with Crippen LogP contribution in [0.4, 0.5) is 5.69 Å². The second-order valence-corrected chi connectivity index (χ2v) is 5.14. The number of rotatable bonds is 4. The number of nitrogens with zero attached hydrogens (tertiary/aromatic N) is 4. The van der Waals surface area contributed by atoms with E-state index in [0.29, 0.717) is 11.6 Å². The molecule has 108 valence electrons. The highest BCUT2D eigenvalue weighted by atomic mass is 16.5. The van der Waals surface area contributed by atoms with E-state index in [0.717, 1.165) is 31.0 Å². The number of nitrogens with one attached hydrogen (secondary N) is 1. The fourth-order valence-corrected chi connectivity index (χ4v) is 2.65. The van der Waals surface area contributed by atoms with Gasteiger partial charge in [0, 0.05) is 32.3 Å². The van der Waals surface area contributed by atoms with Crippen molar-refractivity contribution in [2.45, 2.75) is 12.5 Å². The third-order valence-corrected chi connectivity index (χ3v) is 3.81. The van der Waals surface area contributed by atoms with Gasteiger partial charge in [0.05, 0.1) is 17.6 Å². The molecule has 1 saturated heterocycles. The van der Waals surface area contributed by atoms with E-state index in [9.17, 15) is 0 Å². The number of aromatic nitrogens is 3. The molecule has 6 heteroatoms. The average Bonchev–Trinajstić information content (AvgIpc) is 3.13. The van der Waals surface area contributed by atoms with E-state index in [2.05, 4.69) is 15.4 Å². The Morgan fingerprint density at radius 1 is 1.48 bits per heavy atom. The Labute approximate surface area is 123 Å². The molecule has 0 unspecified atom stereocenters. The maximum atomic E-state index is 8.74. The quantitative estimate of drug-likeness (QED) is 0.927. The van der Waals surface area contributed by atoms with Crippen molar-refractivity contribution < 1.29 is 4.74 Å². The summed E-state index contributed by atoms with van der Waals surface area (Å²) in [4.78, 5) is 4.06. The summed E-state index contributed by atoms with van der Waals surface area (Å²) in [6, 6.07) is 7.61. The van der Waals surface area contributed by atoms with E-state index < -0.39 is 0 Å². The molecule has 21 heavy (non-hydrogen) atoms. The smallest absolute Gasteiger partial charge is 0.140 e. The zero-order valence-corrected chi connectivity index (χ0v) is 11.9. The van der Waals surface area contributed by atoms with Gasteiger partial charge in [-0.1, -0.05) is 0 Å². The Kier molecular flexibility index (Phi) is 3.84. The Bertz CT molecular complexity index is 643. The van der Waals surface area contributed by atoms with E-state index in [1.807, 2.05) is 29.9 Å². The zero-order valence-electron chi connectivity index (χ0n) is 11.9. The van der Waals surface area contributed by atoms with Gasteiger partial charge in [-0.3, -0.25) is 4.68 Å². The first-order valence-electron chi connectivity index (χ1n) is 6.97. The number of hydrogen-bond donors (Lipinski definition) is 1. The SMILES string of the molecule is Cn1nccc1[C@@H]1OCC[C@H]1CNc1ccc(C#N)nc1. The normalized spacial score (nSPS) is 21.1. The van der Waals surface area contributed by atoms with Crippen molar-refractivity contribution in [3.05, 3.63) is 42.0 Å². The van der Waals surface area contributed by atoms with E-state index in [4.69, 9.17) is 10.00 Å². The maximum absolute atomic E-state index is 8.74. The molecule has 3 rings (SSSR count). The van der Waals surface area contributed by atoms with Gasteiger partial charge in [0.1, 0.15) is 17.9 Å². The first kappa shape index (κ1) is 13.6. The van der Waals surface area contributed by atoms with Crippen molar-refractivity contribution in [3.8, 4) is 6.07 Å². The predicted molar refractivity (Wildman–Crippen MR) is 77.4 cm³/mol. The Hall–Kier alpha value is -2.39. The van der Waals surface area contributed by atoms with Crippen molar-refractivity contribution >= 4 is 5.69 Å². The van der Waals surface area contributed by atoms with Crippen molar-refractivity contribution in [3.63, 3.8) is 0 Å². The fourth-order valence-electron chi connectivity index (χ4n) is 2.65. The number of ether oxygens (including phenoxy) is 1. The van der Waals surface area contributed by atoms with Crippen LogP contribution in [0, 0.1) is 17.2 Å². The lowest BCUT2D eigenvalue weighted by atomic mass is 9.99. The molecule has 0 aromatic carbocycles. The summed E-state index contributed by atoms with van der Waals surface area (Å²) < 4.78 is 7.72. The molecule has 1 aliphatic heterocycles. The third kappa shape index (κ3) is 2.88. The van der Waals surface area contributed by atoms with Gasteiger partial charge in [0.25, 0.3) is 0 Å². The highest BCUT2D eigenvalue weighted by molar-refractivity contribution is 5.42. The van der Waals surface area contributed by atoms with Gasteiger partial charge in [0.15, 0.2) is 0 Å². The van der Waals surface area contributed by atoms with Gasteiger partial charge < -0.3 is 10.1 Å². The van der Waals surface area contributed by atoms with Crippen molar-refractivity contribution in [1.82, 2.24) is 14.8 Å². The summed E-state index contributed by atoms with van der Waals surface area (Å²) in [6.45, 7) is 1.58. The lowest BCUT2D eigenvalue weighted by Crippen LogP contribution is -2.19. The summed E-state index contributed by atoms with van der Waals surface area (Å²) in [5.41, 5.74) is 2.46. The summed E-state index contributed by atoms with van der Waals surface area (Å²) in [6.07, 6.45) is 4.59. The molecule has 3 heterocycles. The predicted octanol–water partition coefficient (Wildman–Crippen LogP) is 1.88. The molecule has 2 aromatic heterocycles. The van der Waals surface area contributed by atoms with Crippen LogP contribution in [0.5, 0.6) is 0 Å². The van der Waals surface area contributed by atoms with Crippen molar-refractivity contribution in [2.24, 2.45) is 13.0 Å². The van der Waals surface area contributed by atoms with Gasteiger partial charge in [-0.25, -0.2) is 4.98 Å². The third-order valence-electron chi connectivity index (χ3n) is 3.81. The lowest BCUT2D eigenvalue weighted by molar-refractivity contribution is 0.0866. The van der Waals surface area contributed by atoms with Gasteiger partial charge >= 0.3 is 0 Å². The number of aryl methyl sites for hydroxylation is 1. The molecule has 0 spiro atoms. The molecule has 0 amide bonds. The average molecular weight is 283 g/mol. The van der Waals surface area contributed by atoms with Crippen LogP contribution in [0.1, 0.15) is 23.9 Å². The minimum Gasteiger partial charge on any atom is -0.383 e. The molecule has 2 aromatic rings. The number of pyridine rings is 1. The highest BCUT2D eigenvalue weighted by Gasteiger charge is 2.31. The topological polar surface area (TPSA) is 75.8 Å². The van der Waals surface area contributed by atoms with Gasteiger partial charge in [-0.2, -0.15) is 10.4 Å². The van der Waals surface area contributed by atoms with E-state index in [-0.39, 0.29) is 6.10 Å². The van der Waals surface area contributed by atoms with Crippen LogP contribution in [-0.4, -0.2) is 27.9 Å². The van der Waals surface area contributed by atoms with Gasteiger partial charge in [-0.15, -0.1) is 0 Å². The molecule has 1 N–H and O–H groups in total. The molecule has 0 aliphatic carbocycles. The standard InChI is InChI=1S/C15H17N5O/c1-20-14(4-6-19-20)15-11(5-7-21-15)9-17-13-3-2-12(8-16)18-10-13/h2-4,6,10-11,15,17H,5,7,9H2,1H3/t11-,15+/m0/s1. The molecule has 1 fully saturated rings. The van der Waals surface area contributed by atoms with Crippen LogP contribution in [0.15, 0.2) is 30.6 Å². The summed E-state index contributed by atoms with van der Waals surface area (Å²) in [7, 11) is 1.94. The minimum atomic E-state index is 0.0799. The van der Waals surface area contributed by atoms with E-state index >= 15 is 0 Å². The Balaban J connectivity index is 1.64. The minimum absolute atomic E-state index is 0.0799. The number of nitriles is 1. The number of hydrogen-bond acceptors (Lipinski definition) is 5. The van der Waals surface area contributed by atoms with Crippen LogP contribution in [0.3, 0.4) is 0 Å². The van der Waals surface area contributed by atoms with E-state index in [1.54, 1.807) is 18.5 Å². The molecule has 1 aliphatic rings. The summed E-state index contributed by atoms with van der Waals surface area (Å²) >= 11 is 0. The molecular weight excluding hydrogens is 266 g/mol. The second-order valence-electron chi connectivity index (χ2n) is 5.14. The maximum Gasteiger partial charge on any atom is 0.140 e. The largest absolute Gasteiger partial charge is 0.383 e. The lowest BCUT2D eigenvalue weighted by Gasteiger charge is -2.19. The molecule has 0 saturated carbocycles. The van der Waals surface area contributed by atoms with Crippen molar-refractivity contribution in [1.29, 1.82) is 5.26 Å². The van der Waals surface area contributed by atoms with Gasteiger partial charge in [-0.05, 0) is 24.6 Å². The van der Waals surface area contributed by atoms with Crippen molar-refractivity contribution in [2.75, 3.05) is 18.5 Å². The van der Waals surface area contributed by atoms with Crippen LogP contribution >= 0.6 is 0 Å². The Morgan fingerprint density at radius 2 is 2.38 bits per heavy atom. The highest BCUT2D eigenvalue weighted by Crippen LogP contribution is 2.34. The van der Waals surface area contributed by atoms with Crippen LogP contribution < -0.4 is 5.32 Å². The number of anilines is 1. The molecule has 0 radical (unpaired) electrons. The molecular formula is C15H17N5O. The monoisotopic (exact) mass is 283 g/mol. The van der Waals surface area contributed by atoms with Crippen LogP contribution in [0.25, 0.3) is 0 Å². The summed E-state index contributed by atoms with van der Waals surface area (Å²) in [5.74, 6) is 0.399.